The maximum atomic E-state index is 13.2. The average Bonchev–Trinajstić information content (AvgIpc) is 3.05. The van der Waals surface area contributed by atoms with Crippen LogP contribution in [0.25, 0.3) is 10.8 Å². The van der Waals surface area contributed by atoms with Crippen molar-refractivity contribution in [2.24, 2.45) is 0 Å². The van der Waals surface area contributed by atoms with E-state index >= 15 is 0 Å². The van der Waals surface area contributed by atoms with Gasteiger partial charge in [0.25, 0.3) is 10.0 Å². The summed E-state index contributed by atoms with van der Waals surface area (Å²) >= 11 is 3.40. The van der Waals surface area contributed by atoms with E-state index in [0.29, 0.717) is 17.0 Å². The Labute approximate surface area is 207 Å². The summed E-state index contributed by atoms with van der Waals surface area (Å²) in [5.41, 5.74) is 1.54. The van der Waals surface area contributed by atoms with Crippen LogP contribution in [-0.2, 0) is 26.2 Å². The number of hydrogen-bond acceptors (Lipinski definition) is 4. The predicted molar refractivity (Wildman–Crippen MR) is 136 cm³/mol. The third-order valence-electron chi connectivity index (χ3n) is 6.11. The summed E-state index contributed by atoms with van der Waals surface area (Å²) in [5.74, 6) is -0.457. The quantitative estimate of drug-likeness (QED) is 0.464. The van der Waals surface area contributed by atoms with Crippen LogP contribution in [0.3, 0.4) is 0 Å². The zero-order valence-corrected chi connectivity index (χ0v) is 21.4. The number of rotatable bonds is 8. The maximum absolute atomic E-state index is 13.2. The van der Waals surface area contributed by atoms with E-state index in [4.69, 9.17) is 0 Å². The molecule has 1 atom stereocenters. The molecular formula is C25H26BrN3O4S. The Morgan fingerprint density at radius 3 is 2.41 bits per heavy atom. The molecule has 34 heavy (non-hydrogen) atoms. The monoisotopic (exact) mass is 543 g/mol. The van der Waals surface area contributed by atoms with E-state index in [9.17, 15) is 18.0 Å². The van der Waals surface area contributed by atoms with E-state index in [1.165, 1.54) is 16.3 Å². The first kappa shape index (κ1) is 24.2. The molecule has 0 aliphatic carbocycles. The molecular weight excluding hydrogens is 518 g/mol. The topological polar surface area (TPSA) is 86.8 Å². The van der Waals surface area contributed by atoms with Crippen molar-refractivity contribution in [2.45, 2.75) is 37.2 Å². The molecule has 0 spiro atoms. The van der Waals surface area contributed by atoms with Crippen molar-refractivity contribution in [3.63, 3.8) is 0 Å². The molecule has 0 aromatic heterocycles. The van der Waals surface area contributed by atoms with Gasteiger partial charge in [0.1, 0.15) is 6.04 Å². The molecule has 0 saturated carbocycles. The molecule has 0 radical (unpaired) electrons. The number of benzene rings is 3. The first-order chi connectivity index (χ1) is 16.2. The molecule has 0 bridgehead atoms. The normalized spacial score (nSPS) is 14.7. The fraction of sp³-hybridized carbons (Fsp3) is 0.280. The van der Waals surface area contributed by atoms with Crippen molar-refractivity contribution in [2.75, 3.05) is 17.9 Å². The van der Waals surface area contributed by atoms with Crippen LogP contribution in [0.4, 0.5) is 5.69 Å². The van der Waals surface area contributed by atoms with Gasteiger partial charge in [-0.25, -0.2) is 8.42 Å². The van der Waals surface area contributed by atoms with Crippen molar-refractivity contribution in [3.05, 3.63) is 70.7 Å². The number of hydrogen-bond donors (Lipinski definition) is 1. The first-order valence-corrected chi connectivity index (χ1v) is 13.3. The van der Waals surface area contributed by atoms with Crippen molar-refractivity contribution in [3.8, 4) is 0 Å². The molecule has 0 fully saturated rings. The summed E-state index contributed by atoms with van der Waals surface area (Å²) in [6, 6.07) is 17.7. The molecule has 7 nitrogen and oxygen atoms in total. The Morgan fingerprint density at radius 2 is 1.74 bits per heavy atom. The minimum atomic E-state index is -3.66. The zero-order chi connectivity index (χ0) is 24.5. The molecule has 0 saturated heterocycles. The summed E-state index contributed by atoms with van der Waals surface area (Å²) in [4.78, 5) is 27.3. The second-order valence-corrected chi connectivity index (χ2v) is 11.0. The zero-order valence-electron chi connectivity index (χ0n) is 19.0. The summed E-state index contributed by atoms with van der Waals surface area (Å²) in [6.07, 6.45) is 0.454. The Kier molecular flexibility index (Phi) is 6.95. The van der Waals surface area contributed by atoms with Crippen LogP contribution in [0.1, 0.15) is 25.3 Å². The number of anilines is 1. The van der Waals surface area contributed by atoms with Crippen LogP contribution in [0.2, 0.25) is 0 Å². The van der Waals surface area contributed by atoms with Gasteiger partial charge < -0.3 is 10.2 Å². The fourth-order valence-electron chi connectivity index (χ4n) is 4.29. The van der Waals surface area contributed by atoms with Gasteiger partial charge in [0.2, 0.25) is 11.8 Å². The van der Waals surface area contributed by atoms with Crippen LogP contribution in [0, 0.1) is 0 Å². The van der Waals surface area contributed by atoms with Gasteiger partial charge in [0.05, 0.1) is 10.6 Å². The largest absolute Gasteiger partial charge is 0.357 e. The average molecular weight is 544 g/mol. The van der Waals surface area contributed by atoms with Gasteiger partial charge in [-0.3, -0.25) is 13.9 Å². The molecule has 9 heteroatoms. The maximum Gasteiger partial charge on any atom is 0.265 e. The summed E-state index contributed by atoms with van der Waals surface area (Å²) in [5, 5.41) is 4.20. The molecule has 3 aromatic carbocycles. The number of amides is 2. The van der Waals surface area contributed by atoms with Crippen molar-refractivity contribution < 1.29 is 18.0 Å². The van der Waals surface area contributed by atoms with E-state index in [1.54, 1.807) is 25.1 Å². The molecule has 2 amide bonds. The second-order valence-electron chi connectivity index (χ2n) is 8.25. The number of carbonyl (C=O) groups is 2. The summed E-state index contributed by atoms with van der Waals surface area (Å²) < 4.78 is 28.6. The van der Waals surface area contributed by atoms with Crippen LogP contribution >= 0.6 is 15.9 Å². The molecule has 3 aromatic rings. The predicted octanol–water partition coefficient (Wildman–Crippen LogP) is 4.05. The lowest BCUT2D eigenvalue weighted by Crippen LogP contribution is -2.46. The Morgan fingerprint density at radius 1 is 1.06 bits per heavy atom. The van der Waals surface area contributed by atoms with E-state index in [1.807, 2.05) is 42.5 Å². The van der Waals surface area contributed by atoms with Gasteiger partial charge >= 0.3 is 0 Å². The SMILES string of the molecule is CNC(=O)[C@@H](C)N(Cc1ccc(Br)cc1)C(=O)CCCN1c2cccc3cccc(c23)S1(=O)=O. The molecule has 0 unspecified atom stereocenters. The van der Waals surface area contributed by atoms with Crippen molar-refractivity contribution in [1.29, 1.82) is 0 Å². The lowest BCUT2D eigenvalue weighted by Gasteiger charge is -2.29. The fourth-order valence-corrected chi connectivity index (χ4v) is 6.31. The number of nitrogens with zero attached hydrogens (tertiary/aromatic N) is 2. The standard InChI is InChI=1S/C25H26BrN3O4S/c1-17(25(31)27-2)28(16-18-11-13-20(26)14-12-18)23(30)10-5-15-29-21-8-3-6-19-7-4-9-22(24(19)21)34(29,32)33/h3-4,6-9,11-14,17H,5,10,15-16H2,1-2H3,(H,27,31)/t17-/m1/s1. The van der Waals surface area contributed by atoms with Crippen LogP contribution in [0.5, 0.6) is 0 Å². The van der Waals surface area contributed by atoms with E-state index < -0.39 is 16.1 Å². The summed E-state index contributed by atoms with van der Waals surface area (Å²) in [7, 11) is -2.12. The van der Waals surface area contributed by atoms with Gasteiger partial charge in [0, 0.05) is 36.4 Å². The highest BCUT2D eigenvalue weighted by Gasteiger charge is 2.35. The number of carbonyl (C=O) groups excluding carboxylic acids is 2. The van der Waals surface area contributed by atoms with Gasteiger partial charge in [-0.1, -0.05) is 52.3 Å². The molecule has 1 heterocycles. The number of nitrogens with one attached hydrogen (secondary N) is 1. The van der Waals surface area contributed by atoms with E-state index in [-0.39, 0.29) is 31.3 Å². The highest BCUT2D eigenvalue weighted by atomic mass is 79.9. The first-order valence-electron chi connectivity index (χ1n) is 11.0. The molecule has 178 valence electrons. The number of sulfonamides is 1. The van der Waals surface area contributed by atoms with Crippen LogP contribution in [-0.4, -0.2) is 44.8 Å². The van der Waals surface area contributed by atoms with Gasteiger partial charge in [-0.05, 0) is 48.6 Å². The molecule has 1 aliphatic heterocycles. The number of likely N-dealkylation sites (N-methyl/N-ethyl adjacent to an activating group) is 1. The van der Waals surface area contributed by atoms with E-state index in [2.05, 4.69) is 21.2 Å². The lowest BCUT2D eigenvalue weighted by molar-refractivity contribution is -0.140. The highest BCUT2D eigenvalue weighted by Crippen LogP contribution is 2.42. The second kappa shape index (κ2) is 9.76. The molecule has 1 aliphatic rings. The van der Waals surface area contributed by atoms with Gasteiger partial charge in [-0.15, -0.1) is 0 Å². The smallest absolute Gasteiger partial charge is 0.265 e. The minimum absolute atomic E-state index is 0.121. The Hall–Kier alpha value is -2.91. The Balaban J connectivity index is 1.49. The van der Waals surface area contributed by atoms with Crippen molar-refractivity contribution >= 4 is 54.2 Å². The van der Waals surface area contributed by atoms with Gasteiger partial charge in [0.15, 0.2) is 0 Å². The molecule has 4 rings (SSSR count). The Bertz CT molecular complexity index is 1340. The van der Waals surface area contributed by atoms with Crippen LogP contribution in [0.15, 0.2) is 70.0 Å². The van der Waals surface area contributed by atoms with E-state index in [0.717, 1.165) is 20.8 Å². The lowest BCUT2D eigenvalue weighted by atomic mass is 10.1. The highest BCUT2D eigenvalue weighted by molar-refractivity contribution is 9.10. The summed E-state index contributed by atoms with van der Waals surface area (Å²) in [6.45, 7) is 2.16. The minimum Gasteiger partial charge on any atom is -0.357 e. The third kappa shape index (κ3) is 4.54. The van der Waals surface area contributed by atoms with Crippen molar-refractivity contribution in [1.82, 2.24) is 10.2 Å². The third-order valence-corrected chi connectivity index (χ3v) is 8.50. The van der Waals surface area contributed by atoms with Crippen LogP contribution < -0.4 is 9.62 Å². The molecule has 1 N–H and O–H groups in total. The number of halogens is 1. The van der Waals surface area contributed by atoms with Gasteiger partial charge in [-0.2, -0.15) is 0 Å².